The van der Waals surface area contributed by atoms with Crippen LogP contribution in [0.5, 0.6) is 11.5 Å². The first kappa shape index (κ1) is 13.6. The van der Waals surface area contributed by atoms with Crippen molar-refractivity contribution in [3.8, 4) is 11.5 Å². The third kappa shape index (κ3) is 3.58. The largest absolute Gasteiger partial charge is 0.462 e. The molecule has 4 heteroatoms. The third-order valence-corrected chi connectivity index (χ3v) is 3.06. The normalized spacial score (nSPS) is 10.0. The zero-order valence-corrected chi connectivity index (χ0v) is 12.0. The van der Waals surface area contributed by atoms with Crippen LogP contribution in [0.3, 0.4) is 0 Å². The molecule has 0 aliphatic heterocycles. The molecule has 0 atom stereocenters. The fourth-order valence-electron chi connectivity index (χ4n) is 1.56. The quantitative estimate of drug-likeness (QED) is 0.782. The van der Waals surface area contributed by atoms with Gasteiger partial charge in [-0.1, -0.05) is 18.2 Å². The van der Waals surface area contributed by atoms with E-state index in [0.29, 0.717) is 23.7 Å². The fraction of sp³-hybridized carbons (Fsp3) is 0.133. The van der Waals surface area contributed by atoms with E-state index in [-0.39, 0.29) is 5.97 Å². The highest BCUT2D eigenvalue weighted by Gasteiger charge is 2.08. The molecular formula is C15H13BrO3. The minimum absolute atomic E-state index is 0.347. The van der Waals surface area contributed by atoms with Gasteiger partial charge < -0.3 is 9.47 Å². The Balaban J connectivity index is 2.20. The Hall–Kier alpha value is -1.81. The van der Waals surface area contributed by atoms with Crippen LogP contribution < -0.4 is 4.74 Å². The molecule has 2 aromatic carbocycles. The summed E-state index contributed by atoms with van der Waals surface area (Å²) < 4.78 is 11.5. The number of benzene rings is 2. The maximum atomic E-state index is 11.6. The number of halogens is 1. The standard InChI is InChI=1S/C15H13BrO3/c1-2-18-15(17)11-6-5-7-12(10-11)19-14-9-4-3-8-13(14)16/h3-10H,2H2,1H3. The Labute approximate surface area is 120 Å². The maximum Gasteiger partial charge on any atom is 0.338 e. The summed E-state index contributed by atoms with van der Waals surface area (Å²) in [5.41, 5.74) is 0.478. The van der Waals surface area contributed by atoms with Crippen molar-refractivity contribution >= 4 is 21.9 Å². The van der Waals surface area contributed by atoms with Gasteiger partial charge in [-0.25, -0.2) is 4.79 Å². The van der Waals surface area contributed by atoms with Crippen molar-refractivity contribution in [2.24, 2.45) is 0 Å². The monoisotopic (exact) mass is 320 g/mol. The predicted octanol–water partition coefficient (Wildman–Crippen LogP) is 4.42. The van der Waals surface area contributed by atoms with Gasteiger partial charge in [0.05, 0.1) is 16.6 Å². The van der Waals surface area contributed by atoms with Gasteiger partial charge in [-0.05, 0) is 53.2 Å². The van der Waals surface area contributed by atoms with E-state index in [4.69, 9.17) is 9.47 Å². The second kappa shape index (κ2) is 6.38. The van der Waals surface area contributed by atoms with E-state index >= 15 is 0 Å². The molecule has 0 aliphatic rings. The number of hydrogen-bond donors (Lipinski definition) is 0. The highest BCUT2D eigenvalue weighted by molar-refractivity contribution is 9.10. The van der Waals surface area contributed by atoms with Gasteiger partial charge in [-0.3, -0.25) is 0 Å². The molecule has 0 fully saturated rings. The smallest absolute Gasteiger partial charge is 0.338 e. The molecule has 0 amide bonds. The molecule has 3 nitrogen and oxygen atoms in total. The van der Waals surface area contributed by atoms with Crippen molar-refractivity contribution in [2.75, 3.05) is 6.61 Å². The first-order valence-corrected chi connectivity index (χ1v) is 6.69. The summed E-state index contributed by atoms with van der Waals surface area (Å²) in [6.07, 6.45) is 0. The van der Waals surface area contributed by atoms with Gasteiger partial charge in [-0.15, -0.1) is 0 Å². The van der Waals surface area contributed by atoms with E-state index in [9.17, 15) is 4.79 Å². The third-order valence-electron chi connectivity index (χ3n) is 2.41. The first-order valence-electron chi connectivity index (χ1n) is 5.90. The summed E-state index contributed by atoms with van der Waals surface area (Å²) in [6, 6.07) is 14.5. The van der Waals surface area contributed by atoms with E-state index in [1.54, 1.807) is 31.2 Å². The summed E-state index contributed by atoms with van der Waals surface area (Å²) in [6.45, 7) is 2.13. The molecule has 0 saturated heterocycles. The van der Waals surface area contributed by atoms with Gasteiger partial charge >= 0.3 is 5.97 Å². The fourth-order valence-corrected chi connectivity index (χ4v) is 1.92. The molecule has 0 unspecified atom stereocenters. The van der Waals surface area contributed by atoms with E-state index in [0.717, 1.165) is 4.47 Å². The highest BCUT2D eigenvalue weighted by atomic mass is 79.9. The summed E-state index contributed by atoms with van der Waals surface area (Å²) in [5.74, 6) is 0.945. The van der Waals surface area contributed by atoms with Gasteiger partial charge in [0, 0.05) is 0 Å². The predicted molar refractivity (Wildman–Crippen MR) is 76.6 cm³/mol. The van der Waals surface area contributed by atoms with Crippen LogP contribution >= 0.6 is 15.9 Å². The second-order valence-corrected chi connectivity index (χ2v) is 4.64. The lowest BCUT2D eigenvalue weighted by Crippen LogP contribution is -2.04. The van der Waals surface area contributed by atoms with Crippen molar-refractivity contribution in [1.82, 2.24) is 0 Å². The zero-order valence-electron chi connectivity index (χ0n) is 10.4. The number of carbonyl (C=O) groups is 1. The Morgan fingerprint density at radius 3 is 2.68 bits per heavy atom. The molecule has 0 saturated carbocycles. The van der Waals surface area contributed by atoms with Gasteiger partial charge in [0.15, 0.2) is 0 Å². The van der Waals surface area contributed by atoms with E-state index in [1.165, 1.54) is 0 Å². The number of carbonyl (C=O) groups excluding carboxylic acids is 1. The Morgan fingerprint density at radius 1 is 1.16 bits per heavy atom. The van der Waals surface area contributed by atoms with Crippen LogP contribution in [0.25, 0.3) is 0 Å². The van der Waals surface area contributed by atoms with Crippen molar-refractivity contribution in [3.63, 3.8) is 0 Å². The highest BCUT2D eigenvalue weighted by Crippen LogP contribution is 2.29. The van der Waals surface area contributed by atoms with Gasteiger partial charge in [-0.2, -0.15) is 0 Å². The van der Waals surface area contributed by atoms with Gasteiger partial charge in [0.2, 0.25) is 0 Å². The zero-order chi connectivity index (χ0) is 13.7. The van der Waals surface area contributed by atoms with Crippen LogP contribution in [-0.4, -0.2) is 12.6 Å². The topological polar surface area (TPSA) is 35.5 Å². The number of para-hydroxylation sites is 1. The van der Waals surface area contributed by atoms with Gasteiger partial charge in [0.25, 0.3) is 0 Å². The molecule has 0 N–H and O–H groups in total. The number of rotatable bonds is 4. The molecule has 19 heavy (non-hydrogen) atoms. The summed E-state index contributed by atoms with van der Waals surface area (Å²) >= 11 is 3.41. The Bertz CT molecular complexity index is 581. The number of esters is 1. The molecule has 0 heterocycles. The lowest BCUT2D eigenvalue weighted by molar-refractivity contribution is 0.0526. The van der Waals surface area contributed by atoms with E-state index in [1.807, 2.05) is 24.3 Å². The summed E-state index contributed by atoms with van der Waals surface area (Å²) in [4.78, 5) is 11.6. The minimum atomic E-state index is -0.347. The van der Waals surface area contributed by atoms with Crippen molar-refractivity contribution < 1.29 is 14.3 Å². The Morgan fingerprint density at radius 2 is 1.95 bits per heavy atom. The van der Waals surface area contributed by atoms with E-state index < -0.39 is 0 Å². The maximum absolute atomic E-state index is 11.6. The van der Waals surface area contributed by atoms with Gasteiger partial charge in [0.1, 0.15) is 11.5 Å². The van der Waals surface area contributed by atoms with Crippen LogP contribution in [-0.2, 0) is 4.74 Å². The molecular weight excluding hydrogens is 308 g/mol. The lowest BCUT2D eigenvalue weighted by atomic mass is 10.2. The summed E-state index contributed by atoms with van der Waals surface area (Å²) in [7, 11) is 0. The first-order chi connectivity index (χ1) is 9.20. The van der Waals surface area contributed by atoms with Crippen LogP contribution in [0, 0.1) is 0 Å². The van der Waals surface area contributed by atoms with Crippen LogP contribution in [0.1, 0.15) is 17.3 Å². The Kier molecular flexibility index (Phi) is 4.58. The lowest BCUT2D eigenvalue weighted by Gasteiger charge is -2.08. The molecule has 0 aromatic heterocycles. The molecule has 2 aromatic rings. The SMILES string of the molecule is CCOC(=O)c1cccc(Oc2ccccc2Br)c1. The molecule has 0 radical (unpaired) electrons. The minimum Gasteiger partial charge on any atom is -0.462 e. The van der Waals surface area contributed by atoms with Crippen LogP contribution in [0.2, 0.25) is 0 Å². The second-order valence-electron chi connectivity index (χ2n) is 3.78. The van der Waals surface area contributed by atoms with E-state index in [2.05, 4.69) is 15.9 Å². The molecule has 98 valence electrons. The number of ether oxygens (including phenoxy) is 2. The summed E-state index contributed by atoms with van der Waals surface area (Å²) in [5, 5.41) is 0. The molecule has 0 aliphatic carbocycles. The number of hydrogen-bond acceptors (Lipinski definition) is 3. The molecule has 0 spiro atoms. The molecule has 0 bridgehead atoms. The van der Waals surface area contributed by atoms with Crippen LogP contribution in [0.4, 0.5) is 0 Å². The van der Waals surface area contributed by atoms with Crippen molar-refractivity contribution in [2.45, 2.75) is 6.92 Å². The average Bonchev–Trinajstić information content (AvgIpc) is 2.42. The van der Waals surface area contributed by atoms with Crippen molar-refractivity contribution in [1.29, 1.82) is 0 Å². The average molecular weight is 321 g/mol. The molecule has 2 rings (SSSR count). The van der Waals surface area contributed by atoms with Crippen LogP contribution in [0.15, 0.2) is 53.0 Å². The van der Waals surface area contributed by atoms with Crippen molar-refractivity contribution in [3.05, 3.63) is 58.6 Å².